The van der Waals surface area contributed by atoms with Crippen molar-refractivity contribution >= 4 is 0 Å². The van der Waals surface area contributed by atoms with Crippen molar-refractivity contribution in [1.82, 2.24) is 35.1 Å². The minimum Gasteiger partial charge on any atom is -0.321 e. The van der Waals surface area contributed by atoms with Gasteiger partial charge in [0.25, 0.3) is 0 Å². The van der Waals surface area contributed by atoms with Crippen molar-refractivity contribution in [1.29, 1.82) is 0 Å². The van der Waals surface area contributed by atoms with E-state index in [0.29, 0.717) is 0 Å². The fraction of sp³-hybridized carbons (Fsp3) is 0.308. The molecule has 7 heteroatoms. The first-order valence-corrected chi connectivity index (χ1v) is 11.6. The number of benzene rings is 2. The molecule has 0 atom stereocenters. The lowest BCUT2D eigenvalue weighted by Crippen LogP contribution is -2.34. The monoisotopic (exact) mass is 443 g/mol. The van der Waals surface area contributed by atoms with Crippen molar-refractivity contribution in [3.05, 3.63) is 108 Å². The van der Waals surface area contributed by atoms with E-state index in [1.165, 1.54) is 11.1 Å². The van der Waals surface area contributed by atoms with Crippen molar-refractivity contribution in [3.8, 4) is 0 Å². The molecule has 0 aliphatic heterocycles. The van der Waals surface area contributed by atoms with Gasteiger partial charge in [0.15, 0.2) is 0 Å². The third-order valence-corrected chi connectivity index (χ3v) is 5.53. The molecule has 172 valence electrons. The summed E-state index contributed by atoms with van der Waals surface area (Å²) in [6.07, 6.45) is 9.51. The minimum absolute atomic E-state index is 0.771. The molecular weight excluding hydrogens is 410 g/mol. The van der Waals surface area contributed by atoms with Gasteiger partial charge in [-0.1, -0.05) is 60.7 Å². The zero-order valence-electron chi connectivity index (χ0n) is 19.0. The zero-order chi connectivity index (χ0) is 22.6. The Morgan fingerprint density at radius 2 is 0.970 bits per heavy atom. The maximum absolute atomic E-state index is 4.50. The summed E-state index contributed by atoms with van der Waals surface area (Å²) in [6, 6.07) is 20.9. The molecule has 0 amide bonds. The standard InChI is InChI=1S/C26H33N7/c1-3-7-23(8-4-1)19-25-30-15-17-32(25)21-28-13-11-27-12-14-29-22-33-18-16-31-26(33)20-24-9-5-2-6-10-24/h1-10,15-18,27-29H,11-14,19-22H2. The number of hydrogen-bond donors (Lipinski definition) is 3. The Morgan fingerprint density at radius 3 is 1.42 bits per heavy atom. The summed E-state index contributed by atoms with van der Waals surface area (Å²) in [5.74, 6) is 2.16. The molecule has 7 nitrogen and oxygen atoms in total. The van der Waals surface area contributed by atoms with E-state index >= 15 is 0 Å². The van der Waals surface area contributed by atoms with Crippen molar-refractivity contribution in [3.63, 3.8) is 0 Å². The van der Waals surface area contributed by atoms with Crippen LogP contribution in [0.2, 0.25) is 0 Å². The number of aromatic nitrogens is 4. The lowest BCUT2D eigenvalue weighted by atomic mass is 10.1. The fourth-order valence-electron chi connectivity index (χ4n) is 3.74. The SMILES string of the molecule is c1ccc(Cc2nccn2CNCCNCCNCn2ccnc2Cc2ccccc2)cc1. The van der Waals surface area contributed by atoms with Crippen LogP contribution in [0.4, 0.5) is 0 Å². The molecule has 2 heterocycles. The van der Waals surface area contributed by atoms with Gasteiger partial charge in [-0.3, -0.25) is 10.6 Å². The molecule has 2 aromatic heterocycles. The summed E-state index contributed by atoms with van der Waals surface area (Å²) in [5.41, 5.74) is 2.56. The summed E-state index contributed by atoms with van der Waals surface area (Å²) in [5, 5.41) is 10.5. The highest BCUT2D eigenvalue weighted by Crippen LogP contribution is 2.08. The van der Waals surface area contributed by atoms with Crippen LogP contribution in [-0.2, 0) is 26.2 Å². The topological polar surface area (TPSA) is 71.7 Å². The third-order valence-electron chi connectivity index (χ3n) is 5.53. The molecule has 0 spiro atoms. The zero-order valence-corrected chi connectivity index (χ0v) is 19.0. The van der Waals surface area contributed by atoms with Crippen LogP contribution >= 0.6 is 0 Å². The van der Waals surface area contributed by atoms with Crippen LogP contribution in [0.1, 0.15) is 22.8 Å². The Hall–Kier alpha value is -3.26. The summed E-state index contributed by atoms with van der Waals surface area (Å²) in [4.78, 5) is 9.01. The van der Waals surface area contributed by atoms with Crippen molar-refractivity contribution < 1.29 is 0 Å². The predicted molar refractivity (Wildman–Crippen MR) is 132 cm³/mol. The van der Waals surface area contributed by atoms with E-state index in [1.54, 1.807) is 0 Å². The average Bonchev–Trinajstić information content (AvgIpc) is 3.48. The summed E-state index contributed by atoms with van der Waals surface area (Å²) in [7, 11) is 0. The first-order chi connectivity index (χ1) is 16.4. The maximum atomic E-state index is 4.50. The van der Waals surface area contributed by atoms with Crippen LogP contribution in [0.25, 0.3) is 0 Å². The quantitative estimate of drug-likeness (QED) is 0.261. The highest BCUT2D eigenvalue weighted by Gasteiger charge is 2.04. The average molecular weight is 444 g/mol. The van der Waals surface area contributed by atoms with E-state index in [2.05, 4.69) is 83.6 Å². The summed E-state index contributed by atoms with van der Waals surface area (Å²) >= 11 is 0. The van der Waals surface area contributed by atoms with Crippen molar-refractivity contribution in [2.45, 2.75) is 26.2 Å². The number of nitrogens with one attached hydrogen (secondary N) is 3. The van der Waals surface area contributed by atoms with Crippen LogP contribution in [0.15, 0.2) is 85.5 Å². The van der Waals surface area contributed by atoms with Gasteiger partial charge in [0.2, 0.25) is 0 Å². The molecule has 3 N–H and O–H groups in total. The second-order valence-electron chi connectivity index (χ2n) is 8.02. The number of imidazole rings is 2. The highest BCUT2D eigenvalue weighted by atomic mass is 15.2. The van der Waals surface area contributed by atoms with Gasteiger partial charge < -0.3 is 14.5 Å². The minimum atomic E-state index is 0.771. The van der Waals surface area contributed by atoms with Crippen molar-refractivity contribution in [2.24, 2.45) is 0 Å². The second-order valence-corrected chi connectivity index (χ2v) is 8.02. The Morgan fingerprint density at radius 1 is 0.545 bits per heavy atom. The van der Waals surface area contributed by atoms with Crippen LogP contribution in [0.3, 0.4) is 0 Å². The van der Waals surface area contributed by atoms with E-state index in [-0.39, 0.29) is 0 Å². The Bertz CT molecular complexity index is 971. The third kappa shape index (κ3) is 7.39. The van der Waals surface area contributed by atoms with E-state index in [0.717, 1.165) is 64.0 Å². The van der Waals surface area contributed by atoms with Crippen LogP contribution in [0.5, 0.6) is 0 Å². The normalized spacial score (nSPS) is 11.2. The molecule has 0 unspecified atom stereocenters. The van der Waals surface area contributed by atoms with E-state index in [1.807, 2.05) is 36.9 Å². The number of rotatable bonds is 14. The van der Waals surface area contributed by atoms with Crippen LogP contribution < -0.4 is 16.0 Å². The molecule has 2 aromatic carbocycles. The first-order valence-electron chi connectivity index (χ1n) is 11.6. The molecule has 4 rings (SSSR count). The van der Waals surface area contributed by atoms with E-state index < -0.39 is 0 Å². The van der Waals surface area contributed by atoms with Crippen LogP contribution in [-0.4, -0.2) is 45.3 Å². The summed E-state index contributed by atoms with van der Waals surface area (Å²) < 4.78 is 4.35. The van der Waals surface area contributed by atoms with Gasteiger partial charge in [0, 0.05) is 63.8 Å². The van der Waals surface area contributed by atoms with Gasteiger partial charge in [0.1, 0.15) is 11.6 Å². The maximum Gasteiger partial charge on any atom is 0.114 e. The first kappa shape index (κ1) is 22.9. The largest absolute Gasteiger partial charge is 0.321 e. The molecule has 0 saturated carbocycles. The number of hydrogen-bond acceptors (Lipinski definition) is 5. The molecular formula is C26H33N7. The predicted octanol–water partition coefficient (Wildman–Crippen LogP) is 2.65. The Kier molecular flexibility index (Phi) is 8.82. The molecule has 0 aliphatic carbocycles. The molecule has 0 saturated heterocycles. The molecule has 0 radical (unpaired) electrons. The molecule has 0 aliphatic rings. The lowest BCUT2D eigenvalue weighted by Gasteiger charge is -2.11. The van der Waals surface area contributed by atoms with Gasteiger partial charge in [-0.2, -0.15) is 0 Å². The molecule has 4 aromatic rings. The molecule has 33 heavy (non-hydrogen) atoms. The van der Waals surface area contributed by atoms with Crippen LogP contribution in [0, 0.1) is 0 Å². The van der Waals surface area contributed by atoms with E-state index in [9.17, 15) is 0 Å². The smallest absolute Gasteiger partial charge is 0.114 e. The number of nitrogens with zero attached hydrogens (tertiary/aromatic N) is 4. The van der Waals surface area contributed by atoms with Crippen molar-refractivity contribution in [2.75, 3.05) is 26.2 Å². The van der Waals surface area contributed by atoms with Gasteiger partial charge >= 0.3 is 0 Å². The molecule has 0 fully saturated rings. The summed E-state index contributed by atoms with van der Waals surface area (Å²) in [6.45, 7) is 5.21. The van der Waals surface area contributed by atoms with Gasteiger partial charge in [-0.05, 0) is 11.1 Å². The fourth-order valence-corrected chi connectivity index (χ4v) is 3.74. The Balaban J connectivity index is 1.06. The van der Waals surface area contributed by atoms with E-state index in [4.69, 9.17) is 0 Å². The Labute approximate surface area is 195 Å². The molecule has 0 bridgehead atoms. The van der Waals surface area contributed by atoms with Gasteiger partial charge in [-0.15, -0.1) is 0 Å². The lowest BCUT2D eigenvalue weighted by molar-refractivity contribution is 0.501. The second kappa shape index (κ2) is 12.7. The van der Waals surface area contributed by atoms with Gasteiger partial charge in [-0.25, -0.2) is 9.97 Å². The van der Waals surface area contributed by atoms with Gasteiger partial charge in [0.05, 0.1) is 13.3 Å². The highest BCUT2D eigenvalue weighted by molar-refractivity contribution is 5.20.